The highest BCUT2D eigenvalue weighted by molar-refractivity contribution is 6.18. The molecule has 0 aliphatic carbocycles. The van der Waals surface area contributed by atoms with Crippen LogP contribution in [0.3, 0.4) is 0 Å². The molecule has 1 amide bonds. The predicted molar refractivity (Wildman–Crippen MR) is 96.2 cm³/mol. The van der Waals surface area contributed by atoms with Crippen molar-refractivity contribution in [3.8, 4) is 0 Å². The number of ether oxygens (including phenoxy) is 1. The minimum Gasteiger partial charge on any atom is -0.467 e. The molecule has 0 unspecified atom stereocenters. The molecule has 7 heteroatoms. The Hall–Kier alpha value is -1.72. The fourth-order valence-electron chi connectivity index (χ4n) is 2.06. The minimum absolute atomic E-state index is 0.361. The number of alkyl halides is 2. The number of benzene rings is 1. The molecule has 0 aliphatic rings. The molecule has 1 rings (SSSR count). The smallest absolute Gasteiger partial charge is 0.328 e. The van der Waals surface area contributed by atoms with Crippen molar-refractivity contribution >= 4 is 35.1 Å². The lowest BCUT2D eigenvalue weighted by molar-refractivity contribution is -0.144. The molecule has 24 heavy (non-hydrogen) atoms. The zero-order chi connectivity index (χ0) is 17.8. The fourth-order valence-corrected chi connectivity index (χ4v) is 2.49. The van der Waals surface area contributed by atoms with Gasteiger partial charge in [0, 0.05) is 43.5 Å². The lowest BCUT2D eigenvalue weighted by atomic mass is 10.1. The summed E-state index contributed by atoms with van der Waals surface area (Å²) in [5.41, 5.74) is 0.933. The quantitative estimate of drug-likeness (QED) is 0.388. The van der Waals surface area contributed by atoms with Crippen LogP contribution < -0.4 is 5.32 Å². The van der Waals surface area contributed by atoms with Gasteiger partial charge in [0.25, 0.3) is 0 Å². The number of hydrogen-bond acceptors (Lipinski definition) is 4. The average molecular weight is 373 g/mol. The second-order valence-corrected chi connectivity index (χ2v) is 5.76. The monoisotopic (exact) mass is 372 g/mol. The minimum atomic E-state index is -0.746. The van der Waals surface area contributed by atoms with Gasteiger partial charge in [-0.1, -0.05) is 30.3 Å². The van der Waals surface area contributed by atoms with E-state index in [2.05, 4.69) is 5.32 Å². The number of rotatable bonds is 10. The van der Waals surface area contributed by atoms with E-state index in [0.29, 0.717) is 31.3 Å². The van der Waals surface area contributed by atoms with Crippen LogP contribution in [-0.2, 0) is 20.7 Å². The third-order valence-corrected chi connectivity index (χ3v) is 3.60. The van der Waals surface area contributed by atoms with Crippen LogP contribution in [0.1, 0.15) is 5.56 Å². The van der Waals surface area contributed by atoms with Gasteiger partial charge in [0.05, 0.1) is 7.11 Å². The molecule has 1 aromatic rings. The maximum atomic E-state index is 12.1. The largest absolute Gasteiger partial charge is 0.467 e. The maximum absolute atomic E-state index is 12.1. The molecule has 0 fully saturated rings. The maximum Gasteiger partial charge on any atom is 0.328 e. The zero-order valence-corrected chi connectivity index (χ0v) is 15.1. The molecule has 0 heterocycles. The third-order valence-electron chi connectivity index (χ3n) is 3.27. The van der Waals surface area contributed by atoms with Crippen molar-refractivity contribution in [2.45, 2.75) is 12.5 Å². The molecule has 0 radical (unpaired) electrons. The van der Waals surface area contributed by atoms with Gasteiger partial charge in [-0.15, -0.1) is 23.2 Å². The molecular formula is C17H22Cl2N2O3. The van der Waals surface area contributed by atoms with Crippen molar-refractivity contribution in [1.82, 2.24) is 10.2 Å². The van der Waals surface area contributed by atoms with Crippen LogP contribution in [-0.4, -0.2) is 54.8 Å². The highest BCUT2D eigenvalue weighted by Crippen LogP contribution is 2.05. The number of esters is 1. The van der Waals surface area contributed by atoms with Crippen molar-refractivity contribution in [3.05, 3.63) is 48.2 Å². The van der Waals surface area contributed by atoms with Gasteiger partial charge in [0.15, 0.2) is 0 Å². The number of amides is 1. The van der Waals surface area contributed by atoms with Crippen LogP contribution in [0.5, 0.6) is 0 Å². The number of carbonyl (C=O) groups is 2. The van der Waals surface area contributed by atoms with Gasteiger partial charge in [-0.2, -0.15) is 0 Å². The SMILES string of the molecule is COC(=O)[C@@H](Cc1ccccc1)NC(=O)/C=C\N(CCCl)CCCl. The Balaban J connectivity index is 2.68. The standard InChI is InChI=1S/C17H22Cl2N2O3/c1-24-17(23)15(13-14-5-3-2-4-6-14)20-16(22)7-10-21(11-8-18)12-9-19/h2-7,10,15H,8-9,11-13H2,1H3,(H,20,22)/b10-7-/t15-/m1/s1. The van der Waals surface area contributed by atoms with Crippen LogP contribution in [0, 0.1) is 0 Å². The highest BCUT2D eigenvalue weighted by Gasteiger charge is 2.21. The highest BCUT2D eigenvalue weighted by atomic mass is 35.5. The van der Waals surface area contributed by atoms with Crippen LogP contribution >= 0.6 is 23.2 Å². The Morgan fingerprint density at radius 3 is 2.38 bits per heavy atom. The molecule has 1 N–H and O–H groups in total. The number of methoxy groups -OCH3 is 1. The number of nitrogens with one attached hydrogen (secondary N) is 1. The summed E-state index contributed by atoms with van der Waals surface area (Å²) in [4.78, 5) is 25.8. The van der Waals surface area contributed by atoms with Gasteiger partial charge < -0.3 is 15.0 Å². The molecule has 1 atom stereocenters. The normalized spacial score (nSPS) is 12.0. The molecule has 0 bridgehead atoms. The van der Waals surface area contributed by atoms with E-state index in [1.807, 2.05) is 35.2 Å². The van der Waals surface area contributed by atoms with Gasteiger partial charge >= 0.3 is 5.97 Å². The molecular weight excluding hydrogens is 351 g/mol. The van der Waals surface area contributed by atoms with Crippen molar-refractivity contribution in [2.24, 2.45) is 0 Å². The van der Waals surface area contributed by atoms with E-state index in [1.54, 1.807) is 6.20 Å². The summed E-state index contributed by atoms with van der Waals surface area (Å²) in [5.74, 6) is -0.00188. The first-order chi connectivity index (χ1) is 11.6. The van der Waals surface area contributed by atoms with Crippen LogP contribution in [0.4, 0.5) is 0 Å². The van der Waals surface area contributed by atoms with E-state index in [0.717, 1.165) is 5.56 Å². The van der Waals surface area contributed by atoms with E-state index in [4.69, 9.17) is 27.9 Å². The van der Waals surface area contributed by atoms with E-state index >= 15 is 0 Å². The Morgan fingerprint density at radius 2 is 1.83 bits per heavy atom. The molecule has 0 saturated heterocycles. The predicted octanol–water partition coefficient (Wildman–Crippen LogP) is 2.18. The zero-order valence-electron chi connectivity index (χ0n) is 13.6. The molecule has 0 saturated carbocycles. The van der Waals surface area contributed by atoms with Crippen LogP contribution in [0.25, 0.3) is 0 Å². The number of halogens is 2. The van der Waals surface area contributed by atoms with Gasteiger partial charge in [-0.3, -0.25) is 4.79 Å². The van der Waals surface area contributed by atoms with E-state index < -0.39 is 12.0 Å². The average Bonchev–Trinajstić information content (AvgIpc) is 2.59. The van der Waals surface area contributed by atoms with Gasteiger partial charge in [-0.05, 0) is 5.56 Å². The lowest BCUT2D eigenvalue weighted by Crippen LogP contribution is -2.42. The summed E-state index contributed by atoms with van der Waals surface area (Å²) in [5, 5.41) is 2.66. The lowest BCUT2D eigenvalue weighted by Gasteiger charge is -2.18. The summed E-state index contributed by atoms with van der Waals surface area (Å²) >= 11 is 11.4. The topological polar surface area (TPSA) is 58.6 Å². The first kappa shape index (κ1) is 20.3. The molecule has 0 spiro atoms. The van der Waals surface area contributed by atoms with E-state index in [-0.39, 0.29) is 5.91 Å². The van der Waals surface area contributed by atoms with Crippen molar-refractivity contribution in [2.75, 3.05) is 32.0 Å². The Kier molecular flexibility index (Phi) is 9.96. The molecule has 0 aliphatic heterocycles. The van der Waals surface area contributed by atoms with Gasteiger partial charge in [-0.25, -0.2) is 4.79 Å². The van der Waals surface area contributed by atoms with Crippen LogP contribution in [0.15, 0.2) is 42.6 Å². The van der Waals surface area contributed by atoms with Crippen LogP contribution in [0.2, 0.25) is 0 Å². The first-order valence-electron chi connectivity index (χ1n) is 7.57. The van der Waals surface area contributed by atoms with E-state index in [9.17, 15) is 9.59 Å². The fraction of sp³-hybridized carbons (Fsp3) is 0.412. The number of nitrogens with zero attached hydrogens (tertiary/aromatic N) is 1. The summed E-state index contributed by atoms with van der Waals surface area (Å²) < 4.78 is 4.77. The Labute approximate surface area is 152 Å². The summed E-state index contributed by atoms with van der Waals surface area (Å²) in [7, 11) is 1.30. The molecule has 0 aromatic heterocycles. The summed E-state index contributed by atoms with van der Waals surface area (Å²) in [6.07, 6.45) is 3.34. The van der Waals surface area contributed by atoms with Gasteiger partial charge in [0.1, 0.15) is 6.04 Å². The third kappa shape index (κ3) is 7.70. The second kappa shape index (κ2) is 11.8. The second-order valence-electron chi connectivity index (χ2n) is 5.00. The van der Waals surface area contributed by atoms with Crippen molar-refractivity contribution in [3.63, 3.8) is 0 Å². The molecule has 1 aromatic carbocycles. The molecule has 5 nitrogen and oxygen atoms in total. The van der Waals surface area contributed by atoms with Crippen molar-refractivity contribution < 1.29 is 14.3 Å². The Morgan fingerprint density at radius 1 is 1.21 bits per heavy atom. The summed E-state index contributed by atoms with van der Waals surface area (Å²) in [6.45, 7) is 1.17. The Bertz CT molecular complexity index is 532. The summed E-state index contributed by atoms with van der Waals surface area (Å²) in [6, 6.07) is 8.68. The molecule has 132 valence electrons. The number of carbonyl (C=O) groups excluding carboxylic acids is 2. The van der Waals surface area contributed by atoms with E-state index in [1.165, 1.54) is 13.2 Å². The number of hydrogen-bond donors (Lipinski definition) is 1. The van der Waals surface area contributed by atoms with Gasteiger partial charge in [0.2, 0.25) is 5.91 Å². The van der Waals surface area contributed by atoms with Crippen molar-refractivity contribution in [1.29, 1.82) is 0 Å². The first-order valence-corrected chi connectivity index (χ1v) is 8.64.